The number of rotatable bonds is 7. The number of hydrogen-bond acceptors (Lipinski definition) is 3. The van der Waals surface area contributed by atoms with Gasteiger partial charge in [-0.15, -0.1) is 0 Å². The summed E-state index contributed by atoms with van der Waals surface area (Å²) in [5.74, 6) is 0.822. The molecule has 0 heterocycles. The zero-order valence-electron chi connectivity index (χ0n) is 10.7. The monoisotopic (exact) mass is 302 g/mol. The fourth-order valence-corrected chi connectivity index (χ4v) is 3.37. The smallest absolute Gasteiger partial charge is 0.240 e. The van der Waals surface area contributed by atoms with Crippen molar-refractivity contribution in [2.45, 2.75) is 37.1 Å². The van der Waals surface area contributed by atoms with Crippen LogP contribution in [-0.2, 0) is 16.6 Å². The van der Waals surface area contributed by atoms with Gasteiger partial charge in [-0.25, -0.2) is 13.1 Å². The molecule has 0 aliphatic heterocycles. The van der Waals surface area contributed by atoms with Crippen molar-refractivity contribution < 1.29 is 8.42 Å². The molecule has 1 fully saturated rings. The zero-order chi connectivity index (χ0) is 13.9. The lowest BCUT2D eigenvalue weighted by atomic mass is 10.2. The van der Waals surface area contributed by atoms with Gasteiger partial charge in [0.15, 0.2) is 0 Å². The van der Waals surface area contributed by atoms with Gasteiger partial charge in [-0.3, -0.25) is 0 Å². The van der Waals surface area contributed by atoms with Crippen LogP contribution < -0.4 is 10.5 Å². The Labute approximate surface area is 119 Å². The highest BCUT2D eigenvalue weighted by Crippen LogP contribution is 2.33. The molecular formula is C13H19ClN2O2S. The maximum absolute atomic E-state index is 12.0. The van der Waals surface area contributed by atoms with Crippen molar-refractivity contribution in [3.63, 3.8) is 0 Å². The van der Waals surface area contributed by atoms with Crippen molar-refractivity contribution >= 4 is 21.6 Å². The summed E-state index contributed by atoms with van der Waals surface area (Å²) >= 11 is 5.97. The van der Waals surface area contributed by atoms with Crippen LogP contribution in [0, 0.1) is 5.92 Å². The zero-order valence-corrected chi connectivity index (χ0v) is 12.3. The van der Waals surface area contributed by atoms with Crippen LogP contribution in [0.3, 0.4) is 0 Å². The summed E-state index contributed by atoms with van der Waals surface area (Å²) in [6.45, 7) is 0.781. The Morgan fingerprint density at radius 1 is 1.37 bits per heavy atom. The van der Waals surface area contributed by atoms with Gasteiger partial charge in [-0.05, 0) is 36.5 Å². The highest BCUT2D eigenvalue weighted by molar-refractivity contribution is 7.89. The Morgan fingerprint density at radius 3 is 2.68 bits per heavy atom. The molecule has 0 bridgehead atoms. The summed E-state index contributed by atoms with van der Waals surface area (Å²) in [5.41, 5.74) is 6.24. The van der Waals surface area contributed by atoms with Gasteiger partial charge in [0.25, 0.3) is 0 Å². The first-order valence-corrected chi connectivity index (χ1v) is 8.37. The molecule has 0 atom stereocenters. The van der Waals surface area contributed by atoms with Crippen LogP contribution in [0.2, 0.25) is 5.02 Å². The highest BCUT2D eigenvalue weighted by atomic mass is 35.5. The van der Waals surface area contributed by atoms with Gasteiger partial charge >= 0.3 is 0 Å². The Kier molecular flexibility index (Phi) is 4.84. The predicted molar refractivity (Wildman–Crippen MR) is 76.5 cm³/mol. The van der Waals surface area contributed by atoms with E-state index in [-0.39, 0.29) is 4.90 Å². The molecule has 0 unspecified atom stereocenters. The molecule has 4 nitrogen and oxygen atoms in total. The second kappa shape index (κ2) is 6.22. The molecule has 106 valence electrons. The number of nitrogens with two attached hydrogens (primary N) is 1. The van der Waals surface area contributed by atoms with Crippen LogP contribution >= 0.6 is 11.6 Å². The lowest BCUT2D eigenvalue weighted by Crippen LogP contribution is -2.25. The fourth-order valence-electron chi connectivity index (χ4n) is 1.95. The molecule has 0 spiro atoms. The van der Waals surface area contributed by atoms with Crippen molar-refractivity contribution in [3.05, 3.63) is 28.8 Å². The van der Waals surface area contributed by atoms with Crippen LogP contribution in [-0.4, -0.2) is 15.0 Å². The minimum atomic E-state index is -3.46. The highest BCUT2D eigenvalue weighted by Gasteiger charge is 2.21. The minimum Gasteiger partial charge on any atom is -0.326 e. The van der Waals surface area contributed by atoms with Crippen LogP contribution in [0.4, 0.5) is 0 Å². The third kappa shape index (κ3) is 4.18. The minimum absolute atomic E-state index is 0.195. The molecule has 1 saturated carbocycles. The summed E-state index contributed by atoms with van der Waals surface area (Å²) in [5, 5.41) is 0.392. The predicted octanol–water partition coefficient (Wildman–Crippen LogP) is 2.27. The molecule has 0 amide bonds. The van der Waals surface area contributed by atoms with Gasteiger partial charge in [0.2, 0.25) is 10.0 Å². The fraction of sp³-hybridized carbons (Fsp3) is 0.538. The van der Waals surface area contributed by atoms with Crippen molar-refractivity contribution in [1.29, 1.82) is 0 Å². The van der Waals surface area contributed by atoms with E-state index in [1.807, 2.05) is 0 Å². The second-order valence-corrected chi connectivity index (χ2v) is 7.11. The van der Waals surface area contributed by atoms with E-state index in [0.29, 0.717) is 18.1 Å². The third-order valence-electron chi connectivity index (χ3n) is 3.33. The molecule has 3 N–H and O–H groups in total. The van der Waals surface area contributed by atoms with E-state index in [4.69, 9.17) is 17.3 Å². The summed E-state index contributed by atoms with van der Waals surface area (Å²) in [4.78, 5) is 0.195. The molecule has 0 aromatic heterocycles. The number of nitrogens with one attached hydrogen (secondary N) is 1. The van der Waals surface area contributed by atoms with Crippen molar-refractivity contribution in [3.8, 4) is 0 Å². The Bertz CT molecular complexity index is 542. The first kappa shape index (κ1) is 14.8. The van der Waals surface area contributed by atoms with E-state index in [9.17, 15) is 8.42 Å². The van der Waals surface area contributed by atoms with Gasteiger partial charge in [-0.2, -0.15) is 0 Å². The Morgan fingerprint density at radius 2 is 2.11 bits per heavy atom. The van der Waals surface area contributed by atoms with E-state index in [1.165, 1.54) is 25.0 Å². The molecule has 1 aliphatic carbocycles. The third-order valence-corrected chi connectivity index (χ3v) is 5.14. The summed E-state index contributed by atoms with van der Waals surface area (Å²) < 4.78 is 26.7. The van der Waals surface area contributed by atoms with Crippen LogP contribution in [0.15, 0.2) is 23.1 Å². The number of sulfonamides is 1. The molecule has 1 aromatic carbocycles. The van der Waals surface area contributed by atoms with Gasteiger partial charge in [0.1, 0.15) is 0 Å². The molecule has 0 saturated heterocycles. The lowest BCUT2D eigenvalue weighted by molar-refractivity contribution is 0.572. The molecule has 1 aliphatic rings. The van der Waals surface area contributed by atoms with Crippen LogP contribution in [0.25, 0.3) is 0 Å². The largest absolute Gasteiger partial charge is 0.326 e. The number of benzene rings is 1. The first-order chi connectivity index (χ1) is 9.03. The van der Waals surface area contributed by atoms with E-state index < -0.39 is 10.0 Å². The van der Waals surface area contributed by atoms with E-state index in [2.05, 4.69) is 4.72 Å². The quantitative estimate of drug-likeness (QED) is 0.759. The Balaban J connectivity index is 1.95. The average molecular weight is 303 g/mol. The van der Waals surface area contributed by atoms with Crippen molar-refractivity contribution in [1.82, 2.24) is 4.72 Å². The van der Waals surface area contributed by atoms with Gasteiger partial charge in [0, 0.05) is 18.1 Å². The standard InChI is InChI=1S/C13H19ClN2O2S/c14-13-8-12(6-5-11(13)9-15)19(17,18)16-7-1-2-10-3-4-10/h5-6,8,10,16H,1-4,7,9,15H2. The topological polar surface area (TPSA) is 72.2 Å². The first-order valence-electron chi connectivity index (χ1n) is 6.51. The van der Waals surface area contributed by atoms with Gasteiger partial charge in [0.05, 0.1) is 4.90 Å². The summed E-state index contributed by atoms with van der Waals surface area (Å²) in [7, 11) is -3.46. The maximum atomic E-state index is 12.0. The van der Waals surface area contributed by atoms with E-state index in [1.54, 1.807) is 6.07 Å². The van der Waals surface area contributed by atoms with Gasteiger partial charge < -0.3 is 5.73 Å². The molecule has 6 heteroatoms. The molecule has 19 heavy (non-hydrogen) atoms. The van der Waals surface area contributed by atoms with Crippen molar-refractivity contribution in [2.24, 2.45) is 11.7 Å². The summed E-state index contributed by atoms with van der Waals surface area (Å²) in [6, 6.07) is 4.64. The second-order valence-electron chi connectivity index (χ2n) is 4.94. The molecule has 1 aromatic rings. The van der Waals surface area contributed by atoms with Crippen molar-refractivity contribution in [2.75, 3.05) is 6.54 Å². The van der Waals surface area contributed by atoms with Crippen LogP contribution in [0.5, 0.6) is 0 Å². The SMILES string of the molecule is NCc1ccc(S(=O)(=O)NCCCC2CC2)cc1Cl. The number of halogens is 1. The molecule has 0 radical (unpaired) electrons. The maximum Gasteiger partial charge on any atom is 0.240 e. The summed E-state index contributed by atoms with van der Waals surface area (Å²) in [6.07, 6.45) is 4.58. The number of hydrogen-bond donors (Lipinski definition) is 2. The van der Waals surface area contributed by atoms with E-state index >= 15 is 0 Å². The normalized spacial score (nSPS) is 15.7. The Hall–Kier alpha value is -0.620. The van der Waals surface area contributed by atoms with Crippen LogP contribution in [0.1, 0.15) is 31.2 Å². The molecular weight excluding hydrogens is 284 g/mol. The van der Waals surface area contributed by atoms with Gasteiger partial charge in [-0.1, -0.05) is 30.5 Å². The van der Waals surface area contributed by atoms with E-state index in [0.717, 1.165) is 24.3 Å². The average Bonchev–Trinajstić information content (AvgIpc) is 3.18. The lowest BCUT2D eigenvalue weighted by Gasteiger charge is -2.08. The molecule has 2 rings (SSSR count).